The average Bonchev–Trinajstić information content (AvgIpc) is 3.41. The predicted octanol–water partition coefficient (Wildman–Crippen LogP) is 5.39. The fourth-order valence-corrected chi connectivity index (χ4v) is 6.38. The molecule has 0 radical (unpaired) electrons. The summed E-state index contributed by atoms with van der Waals surface area (Å²) in [4.78, 5) is 14.8. The number of imidazole rings is 1. The van der Waals surface area contributed by atoms with E-state index in [0.29, 0.717) is 22.1 Å². The van der Waals surface area contributed by atoms with E-state index in [1.54, 1.807) is 11.9 Å². The predicted molar refractivity (Wildman–Crippen MR) is 126 cm³/mol. The third-order valence-electron chi connectivity index (χ3n) is 7.27. The maximum absolute atomic E-state index is 6.13. The number of halogens is 1. The van der Waals surface area contributed by atoms with Crippen molar-refractivity contribution < 1.29 is 9.47 Å². The molecule has 0 spiro atoms. The Bertz CT molecular complexity index is 1220. The molecular formula is C23H24BrN5O2S. The molecule has 2 N–H and O–H groups in total. The van der Waals surface area contributed by atoms with Crippen LogP contribution in [0.3, 0.4) is 0 Å². The van der Waals surface area contributed by atoms with Crippen molar-refractivity contribution in [3.05, 3.63) is 34.6 Å². The molecule has 3 aliphatic carbocycles. The molecule has 1 aromatic rings. The average molecular weight is 514 g/mol. The van der Waals surface area contributed by atoms with Crippen LogP contribution in [-0.4, -0.2) is 26.3 Å². The quantitative estimate of drug-likeness (QED) is 0.457. The molecule has 1 saturated carbocycles. The number of fused-ring (bicyclic) bond motifs is 3. The van der Waals surface area contributed by atoms with Gasteiger partial charge >= 0.3 is 0 Å². The van der Waals surface area contributed by atoms with Gasteiger partial charge in [0.2, 0.25) is 6.79 Å². The Morgan fingerprint density at radius 3 is 2.81 bits per heavy atom. The number of hydrogen-bond acceptors (Lipinski definition) is 7. The van der Waals surface area contributed by atoms with E-state index in [9.17, 15) is 0 Å². The highest BCUT2D eigenvalue weighted by molar-refractivity contribution is 9.10. The fourth-order valence-electron chi connectivity index (χ4n) is 5.02. The number of ether oxygens (including phenoxy) is 2. The number of nitrogens with two attached hydrogens (primary N) is 1. The van der Waals surface area contributed by atoms with Crippen LogP contribution in [0.2, 0.25) is 0 Å². The zero-order valence-electron chi connectivity index (χ0n) is 18.0. The highest BCUT2D eigenvalue weighted by Crippen LogP contribution is 2.58. The number of nitrogens with zero attached hydrogens (tertiary/aromatic N) is 4. The minimum absolute atomic E-state index is 0.240. The molecular weight excluding hydrogens is 490 g/mol. The molecule has 7 rings (SSSR count). The van der Waals surface area contributed by atoms with Gasteiger partial charge in [0, 0.05) is 15.9 Å². The van der Waals surface area contributed by atoms with Crippen LogP contribution in [0.15, 0.2) is 44.6 Å². The topological polar surface area (TPSA) is 88.1 Å². The minimum Gasteiger partial charge on any atom is -0.454 e. The van der Waals surface area contributed by atoms with Gasteiger partial charge in [-0.1, -0.05) is 25.5 Å². The first-order valence-electron chi connectivity index (χ1n) is 10.8. The van der Waals surface area contributed by atoms with Crippen molar-refractivity contribution in [2.75, 3.05) is 12.5 Å². The Morgan fingerprint density at radius 2 is 2.06 bits per heavy atom. The largest absolute Gasteiger partial charge is 0.454 e. The molecule has 7 nitrogen and oxygen atoms in total. The van der Waals surface area contributed by atoms with Crippen molar-refractivity contribution in [3.8, 4) is 23.0 Å². The number of hydrogen-bond donors (Lipinski definition) is 1. The third kappa shape index (κ3) is 3.28. The van der Waals surface area contributed by atoms with Crippen LogP contribution >= 0.6 is 27.7 Å². The lowest BCUT2D eigenvalue weighted by atomic mass is 9.50. The summed E-state index contributed by atoms with van der Waals surface area (Å²) in [5.74, 6) is 4.19. The number of nitrogen functional groups attached to an aromatic ring is 1. The Balaban J connectivity index is 1.24. The molecule has 2 bridgehead atoms. The standard InChI is InChI=1S/C23H24BrN5O2S/c1-23(2)13-5-12(6-14(23)7-13)3-4-29-10-26-20(25)19-21(29)28-22(27-19)32-18-9-17-16(8-15(18)24)30-11-31-17/h5,8-10,13-14H,3-4,6-7,11,25H2,1-2H3. The first-order valence-corrected chi connectivity index (χ1v) is 12.4. The van der Waals surface area contributed by atoms with E-state index < -0.39 is 0 Å². The summed E-state index contributed by atoms with van der Waals surface area (Å²) in [6.07, 6.45) is 7.86. The highest BCUT2D eigenvalue weighted by Gasteiger charge is 2.49. The first kappa shape index (κ1) is 20.4. The van der Waals surface area contributed by atoms with Crippen LogP contribution < -0.4 is 15.2 Å². The van der Waals surface area contributed by atoms with E-state index in [4.69, 9.17) is 20.2 Å². The lowest BCUT2D eigenvalue weighted by Gasteiger charge is -2.55. The van der Waals surface area contributed by atoms with Gasteiger partial charge in [0.15, 0.2) is 34.0 Å². The van der Waals surface area contributed by atoms with Crippen LogP contribution in [0.25, 0.3) is 11.5 Å². The molecule has 3 heterocycles. The van der Waals surface area contributed by atoms with Crippen molar-refractivity contribution in [3.63, 3.8) is 0 Å². The van der Waals surface area contributed by atoms with Gasteiger partial charge in [-0.05, 0) is 76.3 Å². The van der Waals surface area contributed by atoms with Crippen LogP contribution in [0.5, 0.6) is 11.5 Å². The van der Waals surface area contributed by atoms with Crippen molar-refractivity contribution in [2.24, 2.45) is 17.3 Å². The molecule has 32 heavy (non-hydrogen) atoms. The maximum atomic E-state index is 6.13. The summed E-state index contributed by atoms with van der Waals surface area (Å²) in [5.41, 5.74) is 8.81. The van der Waals surface area contributed by atoms with Gasteiger partial charge < -0.3 is 19.8 Å². The van der Waals surface area contributed by atoms with E-state index in [0.717, 1.165) is 51.5 Å². The Morgan fingerprint density at radius 1 is 1.25 bits per heavy atom. The van der Waals surface area contributed by atoms with Gasteiger partial charge in [0.05, 0.1) is 6.33 Å². The normalized spacial score (nSPS) is 22.7. The van der Waals surface area contributed by atoms with Gasteiger partial charge in [-0.3, -0.25) is 0 Å². The lowest BCUT2D eigenvalue weighted by Crippen LogP contribution is -2.46. The van der Waals surface area contributed by atoms with E-state index >= 15 is 0 Å². The second-order valence-electron chi connectivity index (χ2n) is 9.38. The smallest absolute Gasteiger partial charge is 0.231 e. The number of aromatic nitrogens is 4. The summed E-state index contributed by atoms with van der Waals surface area (Å²) >= 11 is 5.07. The van der Waals surface area contributed by atoms with E-state index in [1.165, 1.54) is 24.6 Å². The van der Waals surface area contributed by atoms with Crippen molar-refractivity contribution in [2.45, 2.75) is 49.7 Å². The summed E-state index contributed by atoms with van der Waals surface area (Å²) in [7, 11) is 0. The second kappa shape index (κ2) is 7.38. The number of allylic oxidation sites excluding steroid dienone is 2. The van der Waals surface area contributed by atoms with Crippen molar-refractivity contribution >= 4 is 33.5 Å². The fraction of sp³-hybridized carbons (Fsp3) is 0.435. The lowest BCUT2D eigenvalue weighted by molar-refractivity contribution is -0.00185. The van der Waals surface area contributed by atoms with Crippen molar-refractivity contribution in [1.29, 1.82) is 0 Å². The second-order valence-corrected chi connectivity index (χ2v) is 11.2. The van der Waals surface area contributed by atoms with Crippen molar-refractivity contribution in [1.82, 2.24) is 19.5 Å². The van der Waals surface area contributed by atoms with Crippen LogP contribution in [0.1, 0.15) is 33.1 Å². The number of anilines is 1. The van der Waals surface area contributed by atoms with E-state index in [-0.39, 0.29) is 6.79 Å². The summed E-state index contributed by atoms with van der Waals surface area (Å²) < 4.78 is 13.9. The van der Waals surface area contributed by atoms with Gasteiger partial charge in [0.25, 0.3) is 0 Å². The minimum atomic E-state index is 0.240. The molecule has 1 aromatic carbocycles. The van der Waals surface area contributed by atoms with Crippen LogP contribution in [-0.2, 0) is 6.54 Å². The number of benzene rings is 1. The SMILES string of the molecule is CC1(C)C2C=C(CCn3cnc(N)c4nc(Sc5cc6c(cc5Br)OCO6)nc3-4)CC1C2. The molecule has 1 fully saturated rings. The van der Waals surface area contributed by atoms with Crippen LogP contribution in [0.4, 0.5) is 5.82 Å². The number of aryl methyl sites for hydroxylation is 1. The summed E-state index contributed by atoms with van der Waals surface area (Å²) in [6, 6.07) is 3.85. The van der Waals surface area contributed by atoms with Gasteiger partial charge in [-0.2, -0.15) is 0 Å². The third-order valence-corrected chi connectivity index (χ3v) is 9.11. The van der Waals surface area contributed by atoms with Gasteiger partial charge in [-0.25, -0.2) is 15.0 Å². The Kier molecular flexibility index (Phi) is 4.69. The molecule has 166 valence electrons. The van der Waals surface area contributed by atoms with Gasteiger partial charge in [-0.15, -0.1) is 0 Å². The molecule has 2 atom stereocenters. The monoisotopic (exact) mass is 513 g/mol. The molecule has 0 amide bonds. The van der Waals surface area contributed by atoms with E-state index in [1.807, 2.05) is 12.1 Å². The molecule has 6 aliphatic rings. The highest BCUT2D eigenvalue weighted by atomic mass is 79.9. The zero-order chi connectivity index (χ0) is 22.0. The van der Waals surface area contributed by atoms with E-state index in [2.05, 4.69) is 50.4 Å². The molecule has 0 aromatic heterocycles. The molecule has 2 unspecified atom stereocenters. The Hall–Kier alpha value is -2.26. The number of rotatable bonds is 5. The molecule has 0 saturated heterocycles. The molecule has 9 heteroatoms. The van der Waals surface area contributed by atoms with Crippen LogP contribution in [0, 0.1) is 17.3 Å². The molecule has 3 aliphatic heterocycles. The Labute approximate surface area is 199 Å². The zero-order valence-corrected chi connectivity index (χ0v) is 20.4. The summed E-state index contributed by atoms with van der Waals surface area (Å²) in [6.45, 7) is 5.87. The first-order chi connectivity index (χ1) is 15.4. The maximum Gasteiger partial charge on any atom is 0.231 e. The summed E-state index contributed by atoms with van der Waals surface area (Å²) in [5, 5.41) is 0.632. The van der Waals surface area contributed by atoms with Gasteiger partial charge in [0.1, 0.15) is 0 Å².